The highest BCUT2D eigenvalue weighted by atomic mass is 35.5. The molecule has 2 aliphatic rings. The molecule has 0 N–H and O–H groups in total. The molecule has 0 atom stereocenters. The van der Waals surface area contributed by atoms with Gasteiger partial charge in [0.2, 0.25) is 0 Å². The summed E-state index contributed by atoms with van der Waals surface area (Å²) in [6.45, 7) is 2.79. The van der Waals surface area contributed by atoms with Crippen molar-refractivity contribution in [3.8, 4) is 0 Å². The van der Waals surface area contributed by atoms with Crippen LogP contribution in [-0.2, 0) is 0 Å². The van der Waals surface area contributed by atoms with Gasteiger partial charge in [-0.1, -0.05) is 6.42 Å². The topological polar surface area (TPSA) is 3.24 Å². The van der Waals surface area contributed by atoms with E-state index in [9.17, 15) is 0 Å². The van der Waals surface area contributed by atoms with Crippen LogP contribution in [0.25, 0.3) is 0 Å². The number of likely N-dealkylation sites (tertiary alicyclic amines) is 1. The van der Waals surface area contributed by atoms with Crippen molar-refractivity contribution in [1.82, 2.24) is 4.90 Å². The third-order valence-electron chi connectivity index (χ3n) is 2.45. The molecule has 0 aromatic heterocycles. The van der Waals surface area contributed by atoms with Crippen LogP contribution in [0.1, 0.15) is 32.1 Å². The van der Waals surface area contributed by atoms with Crippen LogP contribution in [0.3, 0.4) is 0 Å². The fraction of sp³-hybridized carbons (Fsp3) is 1.00. The number of halogens is 1. The molecule has 1 nitrogen and oxygen atoms in total. The molecule has 60 valence electrons. The van der Waals surface area contributed by atoms with Gasteiger partial charge in [0.05, 0.1) is 0 Å². The van der Waals surface area contributed by atoms with E-state index >= 15 is 0 Å². The van der Waals surface area contributed by atoms with Crippen molar-refractivity contribution in [2.75, 3.05) is 13.1 Å². The molecule has 2 rings (SSSR count). The Labute approximate surface area is 69.2 Å². The Bertz CT molecular complexity index is 95.4. The first-order valence-corrected chi connectivity index (χ1v) is 4.21. The summed E-state index contributed by atoms with van der Waals surface area (Å²) < 4.78 is 0. The van der Waals surface area contributed by atoms with Gasteiger partial charge in [-0.05, 0) is 38.8 Å². The summed E-state index contributed by atoms with van der Waals surface area (Å²) in [6, 6.07) is 1.02. The highest BCUT2D eigenvalue weighted by Gasteiger charge is 2.28. The lowest BCUT2D eigenvalue weighted by Crippen LogP contribution is -2.31. The van der Waals surface area contributed by atoms with Crippen molar-refractivity contribution >= 4 is 12.4 Å². The molecule has 1 saturated carbocycles. The summed E-state index contributed by atoms with van der Waals surface area (Å²) in [7, 11) is 0. The van der Waals surface area contributed by atoms with E-state index in [1.54, 1.807) is 0 Å². The van der Waals surface area contributed by atoms with Crippen LogP contribution in [0.2, 0.25) is 0 Å². The molecule has 1 heterocycles. The molecule has 0 aromatic carbocycles. The molecule has 0 unspecified atom stereocenters. The van der Waals surface area contributed by atoms with Crippen LogP contribution >= 0.6 is 12.4 Å². The van der Waals surface area contributed by atoms with Crippen LogP contribution in [0.15, 0.2) is 0 Å². The fourth-order valence-corrected chi connectivity index (χ4v) is 1.72. The maximum absolute atomic E-state index is 2.67. The SMILES string of the molecule is C1CCN(C2CC2)CC1.Cl. The van der Waals surface area contributed by atoms with Crippen molar-refractivity contribution in [1.29, 1.82) is 0 Å². The molecule has 0 spiro atoms. The first-order chi connectivity index (χ1) is 4.47. The van der Waals surface area contributed by atoms with Crippen LogP contribution in [-0.4, -0.2) is 24.0 Å². The van der Waals surface area contributed by atoms with Gasteiger partial charge < -0.3 is 4.90 Å². The number of nitrogens with zero attached hydrogens (tertiary/aromatic N) is 1. The van der Waals surface area contributed by atoms with Crippen molar-refractivity contribution in [3.63, 3.8) is 0 Å². The maximum atomic E-state index is 2.67. The molecule has 1 aliphatic heterocycles. The molecule has 0 bridgehead atoms. The van der Waals surface area contributed by atoms with E-state index in [1.165, 1.54) is 45.2 Å². The summed E-state index contributed by atoms with van der Waals surface area (Å²) in [6.07, 6.45) is 7.36. The summed E-state index contributed by atoms with van der Waals surface area (Å²) in [5.41, 5.74) is 0. The van der Waals surface area contributed by atoms with E-state index < -0.39 is 0 Å². The summed E-state index contributed by atoms with van der Waals surface area (Å²) in [4.78, 5) is 2.67. The highest BCUT2D eigenvalue weighted by molar-refractivity contribution is 5.85. The Balaban J connectivity index is 0.000000500. The third-order valence-corrected chi connectivity index (χ3v) is 2.45. The van der Waals surface area contributed by atoms with E-state index in [0.717, 1.165) is 6.04 Å². The summed E-state index contributed by atoms with van der Waals surface area (Å²) in [5, 5.41) is 0. The number of rotatable bonds is 1. The molecule has 2 heteroatoms. The van der Waals surface area contributed by atoms with Crippen LogP contribution in [0.4, 0.5) is 0 Å². The van der Waals surface area contributed by atoms with Gasteiger partial charge in [-0.15, -0.1) is 12.4 Å². The van der Waals surface area contributed by atoms with E-state index in [2.05, 4.69) is 4.90 Å². The Morgan fingerprint density at radius 2 is 1.50 bits per heavy atom. The Morgan fingerprint density at radius 3 is 2.00 bits per heavy atom. The van der Waals surface area contributed by atoms with Gasteiger partial charge in [0.25, 0.3) is 0 Å². The molecule has 0 amide bonds. The van der Waals surface area contributed by atoms with Crippen molar-refractivity contribution < 1.29 is 0 Å². The lowest BCUT2D eigenvalue weighted by atomic mass is 10.1. The van der Waals surface area contributed by atoms with Gasteiger partial charge in [-0.2, -0.15) is 0 Å². The normalized spacial score (nSPS) is 27.6. The number of piperidine rings is 1. The quantitative estimate of drug-likeness (QED) is 0.569. The van der Waals surface area contributed by atoms with Gasteiger partial charge in [-0.3, -0.25) is 0 Å². The highest BCUT2D eigenvalue weighted by Crippen LogP contribution is 2.28. The van der Waals surface area contributed by atoms with E-state index in [1.807, 2.05) is 0 Å². The molecule has 2 fully saturated rings. The second-order valence-corrected chi connectivity index (χ2v) is 3.33. The smallest absolute Gasteiger partial charge is 0.00964 e. The fourth-order valence-electron chi connectivity index (χ4n) is 1.72. The first-order valence-electron chi connectivity index (χ1n) is 4.21. The monoisotopic (exact) mass is 161 g/mol. The minimum absolute atomic E-state index is 0. The van der Waals surface area contributed by atoms with Gasteiger partial charge in [0.1, 0.15) is 0 Å². The summed E-state index contributed by atoms with van der Waals surface area (Å²) in [5.74, 6) is 0. The van der Waals surface area contributed by atoms with Crippen LogP contribution in [0, 0.1) is 0 Å². The zero-order valence-electron chi connectivity index (χ0n) is 6.38. The average Bonchev–Trinajstić information content (AvgIpc) is 2.71. The van der Waals surface area contributed by atoms with E-state index in [4.69, 9.17) is 0 Å². The van der Waals surface area contributed by atoms with Crippen molar-refractivity contribution in [2.24, 2.45) is 0 Å². The minimum atomic E-state index is 0. The molecule has 10 heavy (non-hydrogen) atoms. The second-order valence-electron chi connectivity index (χ2n) is 3.33. The zero-order chi connectivity index (χ0) is 6.10. The molecule has 1 aliphatic carbocycles. The first kappa shape index (κ1) is 8.35. The number of hydrogen-bond donors (Lipinski definition) is 0. The predicted molar refractivity (Wildman–Crippen MR) is 45.7 cm³/mol. The average molecular weight is 162 g/mol. The molecular weight excluding hydrogens is 146 g/mol. The molecular formula is C8H16ClN. The Hall–Kier alpha value is 0.250. The molecule has 0 aromatic rings. The molecule has 0 radical (unpaired) electrons. The number of hydrogen-bond acceptors (Lipinski definition) is 1. The second kappa shape index (κ2) is 3.59. The van der Waals surface area contributed by atoms with Gasteiger partial charge in [-0.25, -0.2) is 0 Å². The Kier molecular flexibility index (Phi) is 2.99. The lowest BCUT2D eigenvalue weighted by molar-refractivity contribution is 0.219. The van der Waals surface area contributed by atoms with E-state index in [0.29, 0.717) is 0 Å². The van der Waals surface area contributed by atoms with Crippen molar-refractivity contribution in [3.05, 3.63) is 0 Å². The van der Waals surface area contributed by atoms with Gasteiger partial charge >= 0.3 is 0 Å². The maximum Gasteiger partial charge on any atom is 0.00964 e. The van der Waals surface area contributed by atoms with Crippen molar-refractivity contribution in [2.45, 2.75) is 38.1 Å². The van der Waals surface area contributed by atoms with Gasteiger partial charge in [0.15, 0.2) is 0 Å². The standard InChI is InChI=1S/C8H15N.ClH/c1-2-6-9(7-3-1)8-4-5-8;/h8H,1-7H2;1H. The predicted octanol–water partition coefficient (Wildman–Crippen LogP) is 2.06. The van der Waals surface area contributed by atoms with Crippen LogP contribution in [0.5, 0.6) is 0 Å². The molecule has 1 saturated heterocycles. The largest absolute Gasteiger partial charge is 0.300 e. The minimum Gasteiger partial charge on any atom is -0.300 e. The van der Waals surface area contributed by atoms with Gasteiger partial charge in [0, 0.05) is 6.04 Å². The zero-order valence-corrected chi connectivity index (χ0v) is 7.20. The lowest BCUT2D eigenvalue weighted by Gasteiger charge is -2.25. The van der Waals surface area contributed by atoms with E-state index in [-0.39, 0.29) is 12.4 Å². The Morgan fingerprint density at radius 1 is 0.900 bits per heavy atom. The summed E-state index contributed by atoms with van der Waals surface area (Å²) >= 11 is 0. The third kappa shape index (κ3) is 1.86. The van der Waals surface area contributed by atoms with Crippen LogP contribution < -0.4 is 0 Å².